The highest BCUT2D eigenvalue weighted by molar-refractivity contribution is 5.87. The number of ether oxygens (including phenoxy) is 1. The molecule has 0 radical (unpaired) electrons. The third-order valence-corrected chi connectivity index (χ3v) is 4.89. The van der Waals surface area contributed by atoms with Crippen LogP contribution in [0, 0.1) is 17.7 Å². The first kappa shape index (κ1) is 16.0. The summed E-state index contributed by atoms with van der Waals surface area (Å²) < 4.78 is 23.6. The van der Waals surface area contributed by atoms with Crippen LogP contribution >= 0.6 is 0 Å². The lowest BCUT2D eigenvalue weighted by molar-refractivity contribution is -0.0701. The van der Waals surface area contributed by atoms with Crippen molar-refractivity contribution in [1.82, 2.24) is 15.1 Å². The van der Waals surface area contributed by atoms with E-state index in [1.165, 1.54) is 12.1 Å². The first-order chi connectivity index (χ1) is 12.2. The number of nitrogens with zero attached hydrogens (tertiary/aromatic N) is 3. The van der Waals surface area contributed by atoms with Crippen molar-refractivity contribution in [3.05, 3.63) is 30.1 Å². The van der Waals surface area contributed by atoms with Crippen molar-refractivity contribution in [2.75, 3.05) is 31.6 Å². The zero-order valence-electron chi connectivity index (χ0n) is 13.7. The molecule has 4 rings (SSSR count). The van der Waals surface area contributed by atoms with Crippen LogP contribution < -0.4 is 5.32 Å². The van der Waals surface area contributed by atoms with E-state index in [-0.39, 0.29) is 23.8 Å². The molecule has 2 aliphatic heterocycles. The van der Waals surface area contributed by atoms with E-state index in [2.05, 4.69) is 15.5 Å². The Kier molecular flexibility index (Phi) is 4.35. The van der Waals surface area contributed by atoms with Gasteiger partial charge in [0.25, 0.3) is 0 Å². The number of hydrogen-bond acceptors (Lipinski definition) is 5. The van der Waals surface area contributed by atoms with Crippen molar-refractivity contribution < 1.29 is 18.3 Å². The number of carbonyl (C=O) groups excluding carboxylic acids is 1. The number of aromatic nitrogens is 2. The van der Waals surface area contributed by atoms with Crippen LogP contribution in [-0.2, 0) is 4.74 Å². The smallest absolute Gasteiger partial charge is 0.325 e. The van der Waals surface area contributed by atoms with Crippen molar-refractivity contribution in [2.24, 2.45) is 11.8 Å². The maximum absolute atomic E-state index is 13.0. The fourth-order valence-electron chi connectivity index (χ4n) is 3.25. The molecular formula is C17H19FN4O3. The molecule has 0 bridgehead atoms. The zero-order valence-corrected chi connectivity index (χ0v) is 13.7. The molecule has 0 spiro atoms. The second-order valence-electron chi connectivity index (χ2n) is 6.47. The summed E-state index contributed by atoms with van der Waals surface area (Å²) in [5.74, 6) is 1.19. The summed E-state index contributed by atoms with van der Waals surface area (Å²) in [6, 6.07) is 5.52. The predicted molar refractivity (Wildman–Crippen MR) is 87.3 cm³/mol. The van der Waals surface area contributed by atoms with E-state index in [1.807, 2.05) is 0 Å². The third kappa shape index (κ3) is 3.48. The molecule has 2 aliphatic rings. The molecule has 0 atom stereocenters. The Hall–Kier alpha value is -2.48. The number of urea groups is 1. The minimum absolute atomic E-state index is 0.0406. The van der Waals surface area contributed by atoms with Crippen LogP contribution in [0.5, 0.6) is 0 Å². The van der Waals surface area contributed by atoms with Crippen LogP contribution in [-0.4, -0.2) is 47.4 Å². The van der Waals surface area contributed by atoms with E-state index in [1.54, 1.807) is 17.0 Å². The Morgan fingerprint density at radius 3 is 2.48 bits per heavy atom. The van der Waals surface area contributed by atoms with E-state index in [0.717, 1.165) is 26.1 Å². The number of benzene rings is 1. The van der Waals surface area contributed by atoms with Crippen LogP contribution in [0.4, 0.5) is 15.2 Å². The minimum atomic E-state index is -0.339. The van der Waals surface area contributed by atoms with Gasteiger partial charge in [0.15, 0.2) is 0 Å². The van der Waals surface area contributed by atoms with Gasteiger partial charge in [0.2, 0.25) is 5.89 Å². The number of piperidine rings is 1. The average molecular weight is 346 g/mol. The number of nitrogens with one attached hydrogen (secondary N) is 1. The molecule has 0 unspecified atom stereocenters. The molecule has 2 aromatic rings. The van der Waals surface area contributed by atoms with E-state index in [9.17, 15) is 9.18 Å². The fraction of sp³-hybridized carbons (Fsp3) is 0.471. The number of anilines is 1. The maximum Gasteiger partial charge on any atom is 0.325 e. The monoisotopic (exact) mass is 346 g/mol. The molecule has 8 heteroatoms. The number of likely N-dealkylation sites (tertiary alicyclic amines) is 1. The van der Waals surface area contributed by atoms with Gasteiger partial charge in [-0.25, -0.2) is 9.18 Å². The number of hydrogen-bond donors (Lipinski definition) is 1. The first-order valence-electron chi connectivity index (χ1n) is 8.42. The van der Waals surface area contributed by atoms with E-state index >= 15 is 0 Å². The van der Waals surface area contributed by atoms with Crippen molar-refractivity contribution in [3.8, 4) is 11.5 Å². The Labute approximate surface area is 144 Å². The predicted octanol–water partition coefficient (Wildman–Crippen LogP) is 2.77. The van der Waals surface area contributed by atoms with Gasteiger partial charge in [-0.05, 0) is 43.0 Å². The van der Waals surface area contributed by atoms with Crippen LogP contribution in [0.1, 0.15) is 12.8 Å². The number of amides is 2. The summed E-state index contributed by atoms with van der Waals surface area (Å²) in [4.78, 5) is 14.1. The van der Waals surface area contributed by atoms with Crippen molar-refractivity contribution in [1.29, 1.82) is 0 Å². The standard InChI is InChI=1S/C17H19FN4O3/c18-14-3-1-12(2-4-14)15-20-21-16(25-15)19-17(23)22-7-5-11(6-8-22)13-9-24-10-13/h1-4,11,13H,5-10H2,(H,19,21,23). The first-order valence-corrected chi connectivity index (χ1v) is 8.42. The van der Waals surface area contributed by atoms with Crippen LogP contribution in [0.25, 0.3) is 11.5 Å². The van der Waals surface area contributed by atoms with Gasteiger partial charge in [-0.15, -0.1) is 5.10 Å². The Bertz CT molecular complexity index is 737. The van der Waals surface area contributed by atoms with Gasteiger partial charge in [0.1, 0.15) is 5.82 Å². The normalized spacial score (nSPS) is 18.8. The van der Waals surface area contributed by atoms with E-state index < -0.39 is 0 Å². The van der Waals surface area contributed by atoms with E-state index in [0.29, 0.717) is 30.5 Å². The minimum Gasteiger partial charge on any atom is -0.403 e. The molecule has 7 nitrogen and oxygen atoms in total. The molecule has 0 aliphatic carbocycles. The van der Waals surface area contributed by atoms with Crippen LogP contribution in [0.15, 0.2) is 28.7 Å². The highest BCUT2D eigenvalue weighted by Crippen LogP contribution is 2.30. The fourth-order valence-corrected chi connectivity index (χ4v) is 3.25. The van der Waals surface area contributed by atoms with Gasteiger partial charge in [-0.1, -0.05) is 5.10 Å². The number of halogens is 1. The van der Waals surface area contributed by atoms with Gasteiger partial charge >= 0.3 is 12.0 Å². The largest absolute Gasteiger partial charge is 0.403 e. The summed E-state index contributed by atoms with van der Waals surface area (Å²) in [5.41, 5.74) is 0.595. The van der Waals surface area contributed by atoms with Gasteiger partial charge in [0, 0.05) is 24.6 Å². The summed E-state index contributed by atoms with van der Waals surface area (Å²) in [7, 11) is 0. The topological polar surface area (TPSA) is 80.5 Å². The molecular weight excluding hydrogens is 327 g/mol. The highest BCUT2D eigenvalue weighted by Gasteiger charge is 2.32. The lowest BCUT2D eigenvalue weighted by Gasteiger charge is -2.39. The average Bonchev–Trinajstić information content (AvgIpc) is 3.03. The van der Waals surface area contributed by atoms with Crippen molar-refractivity contribution in [2.45, 2.75) is 12.8 Å². The molecule has 1 aromatic carbocycles. The SMILES string of the molecule is O=C(Nc1nnc(-c2ccc(F)cc2)o1)N1CCC(C2COC2)CC1. The molecule has 3 heterocycles. The van der Waals surface area contributed by atoms with E-state index in [4.69, 9.17) is 9.15 Å². The third-order valence-electron chi connectivity index (χ3n) is 4.89. The van der Waals surface area contributed by atoms with Crippen LogP contribution in [0.2, 0.25) is 0 Å². The zero-order chi connectivity index (χ0) is 17.2. The number of rotatable bonds is 3. The molecule has 2 saturated heterocycles. The lowest BCUT2D eigenvalue weighted by Crippen LogP contribution is -2.45. The van der Waals surface area contributed by atoms with Gasteiger partial charge < -0.3 is 14.1 Å². The number of carbonyl (C=O) groups is 1. The molecule has 2 fully saturated rings. The molecule has 0 saturated carbocycles. The summed E-state index contributed by atoms with van der Waals surface area (Å²) in [6.45, 7) is 3.13. The Morgan fingerprint density at radius 2 is 1.84 bits per heavy atom. The van der Waals surface area contributed by atoms with Gasteiger partial charge in [-0.3, -0.25) is 5.32 Å². The molecule has 1 N–H and O–H groups in total. The summed E-state index contributed by atoms with van der Waals surface area (Å²) in [6.07, 6.45) is 1.98. The molecule has 1 aromatic heterocycles. The molecule has 132 valence electrons. The Morgan fingerprint density at radius 1 is 1.12 bits per heavy atom. The highest BCUT2D eigenvalue weighted by atomic mass is 19.1. The van der Waals surface area contributed by atoms with Gasteiger partial charge in [-0.2, -0.15) is 0 Å². The maximum atomic E-state index is 13.0. The summed E-state index contributed by atoms with van der Waals surface area (Å²) in [5, 5.41) is 10.3. The lowest BCUT2D eigenvalue weighted by atomic mass is 9.83. The Balaban J connectivity index is 1.33. The van der Waals surface area contributed by atoms with Gasteiger partial charge in [0.05, 0.1) is 13.2 Å². The van der Waals surface area contributed by atoms with Crippen LogP contribution in [0.3, 0.4) is 0 Å². The molecule has 25 heavy (non-hydrogen) atoms. The van der Waals surface area contributed by atoms with Crippen molar-refractivity contribution in [3.63, 3.8) is 0 Å². The summed E-state index contributed by atoms with van der Waals surface area (Å²) >= 11 is 0. The van der Waals surface area contributed by atoms with Crippen molar-refractivity contribution >= 4 is 12.0 Å². The quantitative estimate of drug-likeness (QED) is 0.924. The molecule has 2 amide bonds. The second-order valence-corrected chi connectivity index (χ2v) is 6.47. The second kappa shape index (κ2) is 6.79.